The van der Waals surface area contributed by atoms with Gasteiger partial charge in [-0.15, -0.1) is 0 Å². The molecule has 1 saturated heterocycles. The predicted molar refractivity (Wildman–Crippen MR) is 96.0 cm³/mol. The number of rotatable bonds is 3. The molecule has 1 aromatic carbocycles. The number of aromatic nitrogens is 2. The first-order chi connectivity index (χ1) is 12.2. The molecule has 25 heavy (non-hydrogen) atoms. The maximum absolute atomic E-state index is 13.9. The molecule has 1 fully saturated rings. The molecule has 0 radical (unpaired) electrons. The molecule has 2 aromatic rings. The molecule has 0 unspecified atom stereocenters. The van der Waals surface area contributed by atoms with Gasteiger partial charge in [-0.05, 0) is 13.1 Å². The van der Waals surface area contributed by atoms with Gasteiger partial charge >= 0.3 is 0 Å². The molecule has 0 spiro atoms. The van der Waals surface area contributed by atoms with Gasteiger partial charge in [-0.2, -0.15) is 0 Å². The van der Waals surface area contributed by atoms with E-state index < -0.39 is 0 Å². The number of anilines is 1. The third-order valence-corrected chi connectivity index (χ3v) is 5.14. The summed E-state index contributed by atoms with van der Waals surface area (Å²) in [6.45, 7) is 6.39. The van der Waals surface area contributed by atoms with E-state index in [0.29, 0.717) is 6.54 Å². The maximum Gasteiger partial charge on any atom is 0.225 e. The van der Waals surface area contributed by atoms with Gasteiger partial charge < -0.3 is 9.80 Å². The molecule has 3 heterocycles. The van der Waals surface area contributed by atoms with Gasteiger partial charge in [0, 0.05) is 69.6 Å². The molecule has 0 N–H and O–H groups in total. The van der Waals surface area contributed by atoms with Crippen molar-refractivity contribution in [3.8, 4) is 0 Å². The minimum absolute atomic E-state index is 0.130. The van der Waals surface area contributed by atoms with Crippen molar-refractivity contribution in [3.05, 3.63) is 53.1 Å². The molecule has 0 saturated carbocycles. The van der Waals surface area contributed by atoms with Crippen molar-refractivity contribution < 1.29 is 4.39 Å². The van der Waals surface area contributed by atoms with Crippen LogP contribution in [0.4, 0.5) is 10.3 Å². The van der Waals surface area contributed by atoms with Crippen LogP contribution in [0, 0.1) is 5.82 Å². The van der Waals surface area contributed by atoms with E-state index in [9.17, 15) is 4.39 Å². The molecule has 0 aliphatic carbocycles. The first-order valence-electron chi connectivity index (χ1n) is 8.93. The van der Waals surface area contributed by atoms with Crippen LogP contribution in [-0.4, -0.2) is 59.5 Å². The number of hydrogen-bond acceptors (Lipinski definition) is 5. The Morgan fingerprint density at radius 2 is 1.88 bits per heavy atom. The topological polar surface area (TPSA) is 35.5 Å². The van der Waals surface area contributed by atoms with Crippen LogP contribution in [-0.2, 0) is 19.5 Å². The lowest BCUT2D eigenvalue weighted by atomic mass is 10.1. The quantitative estimate of drug-likeness (QED) is 0.852. The molecule has 0 bridgehead atoms. The van der Waals surface area contributed by atoms with E-state index in [1.54, 1.807) is 6.07 Å². The van der Waals surface area contributed by atoms with Gasteiger partial charge in [0.15, 0.2) is 0 Å². The second-order valence-electron chi connectivity index (χ2n) is 6.98. The van der Waals surface area contributed by atoms with Crippen molar-refractivity contribution in [2.45, 2.75) is 19.5 Å². The molecule has 2 aliphatic rings. The van der Waals surface area contributed by atoms with Crippen LogP contribution in [0.25, 0.3) is 0 Å². The van der Waals surface area contributed by atoms with Gasteiger partial charge in [-0.1, -0.05) is 18.2 Å². The smallest absolute Gasteiger partial charge is 0.225 e. The summed E-state index contributed by atoms with van der Waals surface area (Å²) >= 11 is 0. The molecule has 0 amide bonds. The van der Waals surface area contributed by atoms with E-state index in [2.05, 4.69) is 26.7 Å². The van der Waals surface area contributed by atoms with E-state index in [0.717, 1.165) is 62.9 Å². The highest BCUT2D eigenvalue weighted by molar-refractivity contribution is 5.35. The number of nitrogens with zero attached hydrogens (tertiary/aromatic N) is 5. The number of hydrogen-bond donors (Lipinski definition) is 0. The average molecular weight is 341 g/mol. The fourth-order valence-corrected chi connectivity index (χ4v) is 3.53. The largest absolute Gasteiger partial charge is 0.338 e. The van der Waals surface area contributed by atoms with Crippen LogP contribution < -0.4 is 4.90 Å². The second kappa shape index (κ2) is 7.06. The molecular weight excluding hydrogens is 317 g/mol. The number of benzene rings is 1. The Labute approximate surface area is 148 Å². The van der Waals surface area contributed by atoms with Crippen molar-refractivity contribution in [3.63, 3.8) is 0 Å². The van der Waals surface area contributed by atoms with Crippen LogP contribution in [0.3, 0.4) is 0 Å². The number of piperazine rings is 1. The van der Waals surface area contributed by atoms with Crippen molar-refractivity contribution in [2.75, 3.05) is 44.7 Å². The standard InChI is InChI=1S/C19H24FN5/c1-23-8-10-25(11-9-23)19-21-12-16-14-24(7-6-18(16)22-19)13-15-4-2-3-5-17(15)20/h2-5,12H,6-11,13-14H2,1H3. The van der Waals surface area contributed by atoms with Crippen LogP contribution in [0.1, 0.15) is 16.8 Å². The van der Waals surface area contributed by atoms with Crippen molar-refractivity contribution >= 4 is 5.95 Å². The van der Waals surface area contributed by atoms with Gasteiger partial charge in [0.2, 0.25) is 5.95 Å². The minimum Gasteiger partial charge on any atom is -0.338 e. The highest BCUT2D eigenvalue weighted by Gasteiger charge is 2.22. The normalized spacial score (nSPS) is 19.0. The summed E-state index contributed by atoms with van der Waals surface area (Å²) in [4.78, 5) is 16.3. The summed E-state index contributed by atoms with van der Waals surface area (Å²) in [5, 5.41) is 0. The Kier molecular flexibility index (Phi) is 4.63. The summed E-state index contributed by atoms with van der Waals surface area (Å²) in [6.07, 6.45) is 2.86. The molecule has 1 aromatic heterocycles. The molecule has 4 rings (SSSR count). The molecule has 0 atom stereocenters. The van der Waals surface area contributed by atoms with Gasteiger partial charge in [0.1, 0.15) is 5.82 Å². The zero-order valence-electron chi connectivity index (χ0n) is 14.7. The lowest BCUT2D eigenvalue weighted by Gasteiger charge is -2.33. The maximum atomic E-state index is 13.9. The van der Waals surface area contributed by atoms with E-state index in [1.165, 1.54) is 11.6 Å². The Hall–Kier alpha value is -2.05. The van der Waals surface area contributed by atoms with Gasteiger partial charge in [0.25, 0.3) is 0 Å². The predicted octanol–water partition coefficient (Wildman–Crippen LogP) is 1.93. The van der Waals surface area contributed by atoms with E-state index >= 15 is 0 Å². The summed E-state index contributed by atoms with van der Waals surface area (Å²) in [6, 6.07) is 7.01. The monoisotopic (exact) mass is 341 g/mol. The molecule has 5 nitrogen and oxygen atoms in total. The molecule has 132 valence electrons. The summed E-state index contributed by atoms with van der Waals surface area (Å²) in [5.41, 5.74) is 3.06. The highest BCUT2D eigenvalue weighted by atomic mass is 19.1. The number of likely N-dealkylation sites (N-methyl/N-ethyl adjacent to an activating group) is 1. The first kappa shape index (κ1) is 16.4. The third kappa shape index (κ3) is 3.65. The van der Waals surface area contributed by atoms with Crippen LogP contribution in [0.5, 0.6) is 0 Å². The zero-order valence-corrected chi connectivity index (χ0v) is 14.7. The fraction of sp³-hybridized carbons (Fsp3) is 0.474. The lowest BCUT2D eigenvalue weighted by Crippen LogP contribution is -2.45. The summed E-state index contributed by atoms with van der Waals surface area (Å²) < 4.78 is 13.9. The van der Waals surface area contributed by atoms with Crippen LogP contribution >= 0.6 is 0 Å². The Morgan fingerprint density at radius 1 is 1.08 bits per heavy atom. The average Bonchev–Trinajstić information content (AvgIpc) is 2.64. The zero-order chi connectivity index (χ0) is 17.2. The van der Waals surface area contributed by atoms with Crippen molar-refractivity contribution in [1.82, 2.24) is 19.8 Å². The number of halogens is 1. The van der Waals surface area contributed by atoms with Crippen molar-refractivity contribution in [2.24, 2.45) is 0 Å². The first-order valence-corrected chi connectivity index (χ1v) is 8.93. The van der Waals surface area contributed by atoms with Gasteiger partial charge in [-0.25, -0.2) is 14.4 Å². The summed E-state index contributed by atoms with van der Waals surface area (Å²) in [5.74, 6) is 0.726. The fourth-order valence-electron chi connectivity index (χ4n) is 3.53. The van der Waals surface area contributed by atoms with E-state index in [4.69, 9.17) is 4.98 Å². The Bertz CT molecular complexity index is 742. The second-order valence-corrected chi connectivity index (χ2v) is 6.98. The molecule has 6 heteroatoms. The molecular formula is C19H24FN5. The SMILES string of the molecule is CN1CCN(c2ncc3c(n2)CCN(Cc2ccccc2F)C3)CC1. The van der Waals surface area contributed by atoms with Crippen molar-refractivity contribution in [1.29, 1.82) is 0 Å². The summed E-state index contributed by atoms with van der Waals surface area (Å²) in [7, 11) is 2.15. The van der Waals surface area contributed by atoms with E-state index in [-0.39, 0.29) is 5.82 Å². The van der Waals surface area contributed by atoms with Gasteiger partial charge in [-0.3, -0.25) is 4.90 Å². The Balaban J connectivity index is 1.44. The minimum atomic E-state index is -0.130. The lowest BCUT2D eigenvalue weighted by molar-refractivity contribution is 0.239. The molecule has 2 aliphatic heterocycles. The van der Waals surface area contributed by atoms with E-state index in [1.807, 2.05) is 18.3 Å². The van der Waals surface area contributed by atoms with Crippen LogP contribution in [0.2, 0.25) is 0 Å². The van der Waals surface area contributed by atoms with Gasteiger partial charge in [0.05, 0.1) is 5.69 Å². The third-order valence-electron chi connectivity index (χ3n) is 5.14. The highest BCUT2D eigenvalue weighted by Crippen LogP contribution is 2.22. The number of fused-ring (bicyclic) bond motifs is 1. The Morgan fingerprint density at radius 3 is 2.68 bits per heavy atom. The van der Waals surface area contributed by atoms with Crippen LogP contribution in [0.15, 0.2) is 30.5 Å².